The number of nitrogens with zero attached hydrogens (tertiary/aromatic N) is 1. The number of thiazole rings is 1. The summed E-state index contributed by atoms with van der Waals surface area (Å²) in [5.74, 6) is -1.10. The number of carbonyl (C=O) groups excluding carboxylic acids is 1. The van der Waals surface area contributed by atoms with Gasteiger partial charge in [-0.15, -0.1) is 11.3 Å². The summed E-state index contributed by atoms with van der Waals surface area (Å²) in [6, 6.07) is -0.309. The molecule has 0 spiro atoms. The van der Waals surface area contributed by atoms with Crippen LogP contribution in [0, 0.1) is 6.92 Å². The Morgan fingerprint density at radius 2 is 2.41 bits per heavy atom. The molecule has 0 aliphatic carbocycles. The van der Waals surface area contributed by atoms with Gasteiger partial charge in [-0.1, -0.05) is 0 Å². The van der Waals surface area contributed by atoms with Gasteiger partial charge in [0.1, 0.15) is 6.04 Å². The van der Waals surface area contributed by atoms with Gasteiger partial charge in [0.15, 0.2) is 10.8 Å². The molecule has 1 amide bonds. The molecule has 3 N–H and O–H groups in total. The van der Waals surface area contributed by atoms with E-state index < -0.39 is 5.97 Å². The number of carboxylic acid groups (broad SMARTS) is 1. The Bertz CT molecular complexity index is 458. The molecule has 1 saturated heterocycles. The van der Waals surface area contributed by atoms with Gasteiger partial charge in [-0.05, 0) is 19.8 Å². The van der Waals surface area contributed by atoms with Crippen LogP contribution in [-0.4, -0.2) is 34.6 Å². The van der Waals surface area contributed by atoms with Crippen LogP contribution in [0.2, 0.25) is 0 Å². The van der Waals surface area contributed by atoms with E-state index in [0.29, 0.717) is 16.6 Å². The standard InChI is InChI=1S/C10H13N3O3S/c1-5-7(9(15)16)13-10(17-5)12-6-3-2-4-11-8(6)14/h6H,2-4H2,1H3,(H,11,14)(H,12,13)(H,15,16). The maximum atomic E-state index is 11.5. The molecule has 1 atom stereocenters. The fraction of sp³-hybridized carbons (Fsp3) is 0.500. The number of carboxylic acids is 1. The minimum atomic E-state index is -1.04. The Labute approximate surface area is 102 Å². The van der Waals surface area contributed by atoms with Crippen molar-refractivity contribution in [3.05, 3.63) is 10.6 Å². The highest BCUT2D eigenvalue weighted by Gasteiger charge is 2.23. The molecule has 0 aromatic carbocycles. The van der Waals surface area contributed by atoms with Gasteiger partial charge in [0.05, 0.1) is 0 Å². The van der Waals surface area contributed by atoms with Crippen LogP contribution in [0.25, 0.3) is 0 Å². The van der Waals surface area contributed by atoms with Crippen LogP contribution in [0.5, 0.6) is 0 Å². The van der Waals surface area contributed by atoms with Gasteiger partial charge in [-0.2, -0.15) is 0 Å². The average Bonchev–Trinajstić information content (AvgIpc) is 2.63. The Morgan fingerprint density at radius 1 is 1.65 bits per heavy atom. The first-order chi connectivity index (χ1) is 8.08. The van der Waals surface area contributed by atoms with Crippen LogP contribution in [0.4, 0.5) is 5.13 Å². The molecule has 1 unspecified atom stereocenters. The lowest BCUT2D eigenvalue weighted by atomic mass is 10.1. The largest absolute Gasteiger partial charge is 0.476 e. The average molecular weight is 255 g/mol. The molecule has 1 aliphatic heterocycles. The third-order valence-corrected chi connectivity index (χ3v) is 3.48. The van der Waals surface area contributed by atoms with Crippen LogP contribution in [0.3, 0.4) is 0 Å². The van der Waals surface area contributed by atoms with Crippen molar-refractivity contribution in [2.75, 3.05) is 11.9 Å². The van der Waals surface area contributed by atoms with E-state index in [1.807, 2.05) is 0 Å². The van der Waals surface area contributed by atoms with E-state index in [9.17, 15) is 9.59 Å². The van der Waals surface area contributed by atoms with Gasteiger partial charge in [-0.3, -0.25) is 4.79 Å². The Kier molecular flexibility index (Phi) is 3.28. The molecular formula is C10H13N3O3S. The summed E-state index contributed by atoms with van der Waals surface area (Å²) < 4.78 is 0. The first-order valence-corrected chi connectivity index (χ1v) is 6.14. The summed E-state index contributed by atoms with van der Waals surface area (Å²) in [6.07, 6.45) is 1.66. The highest BCUT2D eigenvalue weighted by molar-refractivity contribution is 7.15. The van der Waals surface area contributed by atoms with Crippen LogP contribution in [-0.2, 0) is 4.79 Å². The molecule has 6 nitrogen and oxygen atoms in total. The summed E-state index contributed by atoms with van der Waals surface area (Å²) in [6.45, 7) is 2.40. The number of hydrogen-bond donors (Lipinski definition) is 3. The fourth-order valence-electron chi connectivity index (χ4n) is 1.72. The van der Waals surface area contributed by atoms with Crippen molar-refractivity contribution in [3.63, 3.8) is 0 Å². The summed E-state index contributed by atoms with van der Waals surface area (Å²) in [7, 11) is 0. The Hall–Kier alpha value is -1.63. The molecule has 7 heteroatoms. The second-order valence-electron chi connectivity index (χ2n) is 3.86. The van der Waals surface area contributed by atoms with E-state index >= 15 is 0 Å². The van der Waals surface area contributed by atoms with Gasteiger partial charge in [0.2, 0.25) is 5.91 Å². The van der Waals surface area contributed by atoms with Crippen molar-refractivity contribution in [2.45, 2.75) is 25.8 Å². The smallest absolute Gasteiger partial charge is 0.355 e. The summed E-state index contributed by atoms with van der Waals surface area (Å²) in [5.41, 5.74) is 0.0497. The van der Waals surface area contributed by atoms with E-state index in [1.165, 1.54) is 11.3 Å². The molecule has 0 radical (unpaired) electrons. The maximum absolute atomic E-state index is 11.5. The quantitative estimate of drug-likeness (QED) is 0.744. The molecule has 2 heterocycles. The van der Waals surface area contributed by atoms with E-state index in [4.69, 9.17) is 5.11 Å². The molecular weight excluding hydrogens is 242 g/mol. The number of piperidine rings is 1. The third kappa shape index (κ3) is 2.55. The van der Waals surface area contributed by atoms with Crippen molar-refractivity contribution in [3.8, 4) is 0 Å². The van der Waals surface area contributed by atoms with Crippen molar-refractivity contribution in [1.29, 1.82) is 0 Å². The number of hydrogen-bond acceptors (Lipinski definition) is 5. The number of aryl methyl sites for hydroxylation is 1. The lowest BCUT2D eigenvalue weighted by Gasteiger charge is -2.22. The normalized spacial score (nSPS) is 19.8. The molecule has 2 rings (SSSR count). The van der Waals surface area contributed by atoms with Crippen molar-refractivity contribution >= 4 is 28.3 Å². The molecule has 1 aromatic rings. The highest BCUT2D eigenvalue weighted by atomic mass is 32.1. The highest BCUT2D eigenvalue weighted by Crippen LogP contribution is 2.23. The zero-order valence-electron chi connectivity index (χ0n) is 9.32. The second-order valence-corrected chi connectivity index (χ2v) is 5.06. The van der Waals surface area contributed by atoms with Crippen molar-refractivity contribution in [1.82, 2.24) is 10.3 Å². The van der Waals surface area contributed by atoms with E-state index in [1.54, 1.807) is 6.92 Å². The number of aromatic nitrogens is 1. The maximum Gasteiger partial charge on any atom is 0.355 e. The zero-order chi connectivity index (χ0) is 12.4. The van der Waals surface area contributed by atoms with Crippen LogP contribution >= 0.6 is 11.3 Å². The monoisotopic (exact) mass is 255 g/mol. The van der Waals surface area contributed by atoms with E-state index in [2.05, 4.69) is 15.6 Å². The summed E-state index contributed by atoms with van der Waals surface area (Å²) >= 11 is 1.26. The van der Waals surface area contributed by atoms with Crippen LogP contribution in [0.15, 0.2) is 0 Å². The van der Waals surface area contributed by atoms with Gasteiger partial charge in [0, 0.05) is 11.4 Å². The van der Waals surface area contributed by atoms with Crippen LogP contribution < -0.4 is 10.6 Å². The van der Waals surface area contributed by atoms with Gasteiger partial charge >= 0.3 is 5.97 Å². The predicted molar refractivity (Wildman–Crippen MR) is 63.5 cm³/mol. The summed E-state index contributed by atoms with van der Waals surface area (Å²) in [4.78, 5) is 26.9. The number of nitrogens with one attached hydrogen (secondary N) is 2. The number of rotatable bonds is 3. The Morgan fingerprint density at radius 3 is 3.00 bits per heavy atom. The number of amides is 1. The molecule has 0 saturated carbocycles. The number of anilines is 1. The lowest BCUT2D eigenvalue weighted by Crippen LogP contribution is -2.44. The first-order valence-electron chi connectivity index (χ1n) is 5.33. The van der Waals surface area contributed by atoms with Gasteiger partial charge in [-0.25, -0.2) is 9.78 Å². The van der Waals surface area contributed by atoms with Gasteiger partial charge in [0.25, 0.3) is 0 Å². The first kappa shape index (κ1) is 11.8. The summed E-state index contributed by atoms with van der Waals surface area (Å²) in [5, 5.41) is 15.1. The molecule has 92 valence electrons. The van der Waals surface area contributed by atoms with E-state index in [-0.39, 0.29) is 17.6 Å². The topological polar surface area (TPSA) is 91.3 Å². The third-order valence-electron chi connectivity index (χ3n) is 2.58. The predicted octanol–water partition coefficient (Wildman–Crippen LogP) is 0.840. The SMILES string of the molecule is Cc1sc(NC2CCCNC2=O)nc1C(=O)O. The minimum Gasteiger partial charge on any atom is -0.476 e. The number of aromatic carboxylic acids is 1. The fourth-order valence-corrected chi connectivity index (χ4v) is 2.57. The molecule has 0 bridgehead atoms. The van der Waals surface area contributed by atoms with Crippen molar-refractivity contribution < 1.29 is 14.7 Å². The molecule has 17 heavy (non-hydrogen) atoms. The lowest BCUT2D eigenvalue weighted by molar-refractivity contribution is -0.123. The van der Waals surface area contributed by atoms with Crippen molar-refractivity contribution in [2.24, 2.45) is 0 Å². The molecule has 1 aliphatic rings. The Balaban J connectivity index is 2.10. The minimum absolute atomic E-state index is 0.0497. The second kappa shape index (κ2) is 4.70. The van der Waals surface area contributed by atoms with Gasteiger partial charge < -0.3 is 15.7 Å². The number of carbonyl (C=O) groups is 2. The van der Waals surface area contributed by atoms with E-state index in [0.717, 1.165) is 12.8 Å². The molecule has 1 fully saturated rings. The molecule has 1 aromatic heterocycles. The van der Waals surface area contributed by atoms with Crippen LogP contribution in [0.1, 0.15) is 28.2 Å². The zero-order valence-corrected chi connectivity index (χ0v) is 10.1.